The van der Waals surface area contributed by atoms with E-state index in [-0.39, 0.29) is 24.7 Å². The van der Waals surface area contributed by atoms with Crippen molar-refractivity contribution in [1.29, 1.82) is 0 Å². The van der Waals surface area contributed by atoms with Crippen molar-refractivity contribution in [2.75, 3.05) is 0 Å². The molecule has 4 fully saturated rings. The van der Waals surface area contributed by atoms with E-state index in [1.165, 1.54) is 4.72 Å². The first kappa shape index (κ1) is 19.7. The monoisotopic (exact) mass is 445 g/mol. The molecule has 0 saturated heterocycles. The lowest BCUT2D eigenvalue weighted by Crippen LogP contribution is -3.00. The van der Waals surface area contributed by atoms with Gasteiger partial charge in [0.05, 0.1) is 5.60 Å². The van der Waals surface area contributed by atoms with Gasteiger partial charge in [0.25, 0.3) is 10.0 Å². The maximum Gasteiger partial charge on any atom is 0.439 e. The molecule has 0 amide bonds. The second-order valence-corrected chi connectivity index (χ2v) is 11.1. The van der Waals surface area contributed by atoms with Gasteiger partial charge in [0.15, 0.2) is 0 Å². The van der Waals surface area contributed by atoms with E-state index in [1.807, 2.05) is 0 Å². The van der Waals surface area contributed by atoms with Crippen LogP contribution in [0.1, 0.15) is 25.7 Å². The molecular formula is C12H13F6NO6S2. The molecule has 5 atom stereocenters. The van der Waals surface area contributed by atoms with E-state index in [4.69, 9.17) is 4.55 Å². The van der Waals surface area contributed by atoms with Gasteiger partial charge < -0.3 is 5.11 Å². The first-order valence-corrected chi connectivity index (χ1v) is 10.6. The molecule has 0 aromatic carbocycles. The molecule has 4 aliphatic rings. The Morgan fingerprint density at radius 1 is 0.926 bits per heavy atom. The van der Waals surface area contributed by atoms with Crippen LogP contribution in [0.25, 0.3) is 0 Å². The lowest BCUT2D eigenvalue weighted by Gasteiger charge is -2.93. The molecule has 4 rings (SSSR count). The Bertz CT molecular complexity index is 947. The van der Waals surface area contributed by atoms with Gasteiger partial charge in [0.2, 0.25) is 0 Å². The lowest BCUT2D eigenvalue weighted by atomic mass is 9.14. The van der Waals surface area contributed by atoms with Crippen LogP contribution < -0.4 is 4.72 Å². The zero-order valence-electron chi connectivity index (χ0n) is 13.1. The Balaban J connectivity index is 1.67. The molecule has 5 unspecified atom stereocenters. The Hall–Kier alpha value is -0.640. The van der Waals surface area contributed by atoms with Crippen molar-refractivity contribution in [3.05, 3.63) is 0 Å². The van der Waals surface area contributed by atoms with Crippen LogP contribution in [0.15, 0.2) is 0 Å². The lowest BCUT2D eigenvalue weighted by molar-refractivity contribution is -0.461. The standard InChI is InChI=1S/C12H13F6NO6S2/c13-10(14,12(17,18)27(23,24)25)11(15,16)26(21,22)19-7-2-5-1-6-3-8(20,4-7)9(5,6)7/h5-6,19-20H,1-4H2,(H,23,24,25). The van der Waals surface area contributed by atoms with Crippen LogP contribution in [0.3, 0.4) is 0 Å². The van der Waals surface area contributed by atoms with E-state index in [0.717, 1.165) is 0 Å². The van der Waals surface area contributed by atoms with E-state index in [0.29, 0.717) is 12.8 Å². The summed E-state index contributed by atoms with van der Waals surface area (Å²) in [6, 6.07) is 0. The number of hydrogen-bond donors (Lipinski definition) is 3. The van der Waals surface area contributed by atoms with Gasteiger partial charge in [-0.2, -0.15) is 34.8 Å². The number of halogens is 6. The van der Waals surface area contributed by atoms with Crippen molar-refractivity contribution >= 4 is 20.1 Å². The minimum atomic E-state index is -7.05. The summed E-state index contributed by atoms with van der Waals surface area (Å²) in [6.07, 6.45) is 0.559. The number of alkyl halides is 6. The van der Waals surface area contributed by atoms with E-state index in [1.54, 1.807) is 0 Å². The highest BCUT2D eigenvalue weighted by atomic mass is 32.2. The smallest absolute Gasteiger partial charge is 0.389 e. The number of rotatable bonds is 6. The first-order chi connectivity index (χ1) is 11.8. The van der Waals surface area contributed by atoms with Crippen LogP contribution >= 0.6 is 0 Å². The molecule has 0 aliphatic heterocycles. The summed E-state index contributed by atoms with van der Waals surface area (Å²) in [7, 11) is -13.6. The minimum absolute atomic E-state index is 0.0264. The molecule has 7 nitrogen and oxygen atoms in total. The number of nitrogens with one attached hydrogen (secondary N) is 1. The van der Waals surface area contributed by atoms with E-state index in [2.05, 4.69) is 0 Å². The molecule has 0 radical (unpaired) electrons. The van der Waals surface area contributed by atoms with Gasteiger partial charge in [-0.1, -0.05) is 0 Å². The fraction of sp³-hybridized carbons (Fsp3) is 1.00. The Labute approximate surface area is 148 Å². The van der Waals surface area contributed by atoms with Gasteiger partial charge in [0, 0.05) is 11.0 Å². The molecular weight excluding hydrogens is 432 g/mol. The van der Waals surface area contributed by atoms with Gasteiger partial charge in [-0.15, -0.1) is 0 Å². The third-order valence-corrected chi connectivity index (χ3v) is 9.41. The second-order valence-electron chi connectivity index (χ2n) is 7.89. The summed E-state index contributed by atoms with van der Waals surface area (Å²) in [5.74, 6) is -7.34. The summed E-state index contributed by atoms with van der Waals surface area (Å²) < 4.78 is 136. The molecule has 27 heavy (non-hydrogen) atoms. The SMILES string of the molecule is O=S(=O)(O)C(F)(F)C(F)(F)C(F)(F)S(=O)(=O)NC12CC3CC4CC(O)(C1)C432. The molecule has 0 aromatic heterocycles. The molecule has 0 heterocycles. The van der Waals surface area contributed by atoms with Crippen LogP contribution in [-0.2, 0) is 20.1 Å². The molecule has 4 aliphatic carbocycles. The fourth-order valence-corrected chi connectivity index (χ4v) is 8.03. The molecule has 3 N–H and O–H groups in total. The maximum atomic E-state index is 14.0. The Morgan fingerprint density at radius 2 is 1.44 bits per heavy atom. The molecule has 156 valence electrons. The predicted octanol–water partition coefficient (Wildman–Crippen LogP) is 0.918. The maximum absolute atomic E-state index is 14.0. The van der Waals surface area contributed by atoms with E-state index >= 15 is 0 Å². The van der Waals surface area contributed by atoms with E-state index in [9.17, 15) is 48.3 Å². The van der Waals surface area contributed by atoms with Crippen molar-refractivity contribution in [2.45, 2.75) is 53.3 Å². The highest BCUT2D eigenvalue weighted by Crippen LogP contribution is 2.90. The highest BCUT2D eigenvalue weighted by Gasteiger charge is 2.95. The largest absolute Gasteiger partial charge is 0.439 e. The summed E-state index contributed by atoms with van der Waals surface area (Å²) in [6.45, 7) is 0. The van der Waals surface area contributed by atoms with Gasteiger partial charge in [-0.25, -0.2) is 13.1 Å². The Morgan fingerprint density at radius 3 is 1.85 bits per heavy atom. The van der Waals surface area contributed by atoms with Crippen molar-refractivity contribution < 1.29 is 52.8 Å². The average molecular weight is 445 g/mol. The predicted molar refractivity (Wildman–Crippen MR) is 74.0 cm³/mol. The zero-order valence-corrected chi connectivity index (χ0v) is 14.7. The van der Waals surface area contributed by atoms with Crippen LogP contribution in [0.5, 0.6) is 0 Å². The molecule has 4 saturated carbocycles. The number of aliphatic hydroxyl groups is 1. The third kappa shape index (κ3) is 1.66. The summed E-state index contributed by atoms with van der Waals surface area (Å²) >= 11 is 0. The quantitative estimate of drug-likeness (QED) is 0.413. The highest BCUT2D eigenvalue weighted by molar-refractivity contribution is 7.91. The number of sulfonamides is 1. The summed E-state index contributed by atoms with van der Waals surface area (Å²) in [5.41, 5.74) is -4.03. The topological polar surface area (TPSA) is 121 Å². The van der Waals surface area contributed by atoms with Gasteiger partial charge >= 0.3 is 26.5 Å². The van der Waals surface area contributed by atoms with Crippen LogP contribution in [0.4, 0.5) is 26.3 Å². The zero-order chi connectivity index (χ0) is 20.7. The second kappa shape index (κ2) is 4.42. The van der Waals surface area contributed by atoms with E-state index < -0.39 is 53.1 Å². The molecule has 0 aromatic rings. The van der Waals surface area contributed by atoms with Crippen LogP contribution in [0.2, 0.25) is 0 Å². The van der Waals surface area contributed by atoms with Crippen LogP contribution in [-0.4, -0.2) is 54.1 Å². The first-order valence-electron chi connectivity index (χ1n) is 7.69. The van der Waals surface area contributed by atoms with Gasteiger partial charge in [-0.3, -0.25) is 4.55 Å². The molecule has 1 spiro atoms. The average Bonchev–Trinajstić information content (AvgIpc) is 2.39. The van der Waals surface area contributed by atoms with Crippen molar-refractivity contribution in [3.63, 3.8) is 0 Å². The van der Waals surface area contributed by atoms with Gasteiger partial charge in [0.1, 0.15) is 0 Å². The van der Waals surface area contributed by atoms with Crippen molar-refractivity contribution in [2.24, 2.45) is 17.3 Å². The summed E-state index contributed by atoms with van der Waals surface area (Å²) in [5, 5.41) is -3.01. The summed E-state index contributed by atoms with van der Waals surface area (Å²) in [4.78, 5) is 0. The third-order valence-electron chi connectivity index (χ3n) is 6.91. The molecule has 15 heteroatoms. The fourth-order valence-electron chi connectivity index (χ4n) is 6.08. The van der Waals surface area contributed by atoms with Crippen LogP contribution in [0, 0.1) is 17.3 Å². The minimum Gasteiger partial charge on any atom is -0.389 e. The molecule has 0 bridgehead atoms. The van der Waals surface area contributed by atoms with Crippen molar-refractivity contribution in [3.8, 4) is 0 Å². The normalized spacial score (nSPS) is 43.4. The number of hydrogen-bond acceptors (Lipinski definition) is 5. The van der Waals surface area contributed by atoms with Crippen molar-refractivity contribution in [1.82, 2.24) is 4.72 Å². The van der Waals surface area contributed by atoms with Gasteiger partial charge in [-0.05, 0) is 37.5 Å². The Kier molecular flexibility index (Phi) is 3.22.